The van der Waals surface area contributed by atoms with Crippen LogP contribution in [0.3, 0.4) is 0 Å². The Hall–Kier alpha value is -1.77. The van der Waals surface area contributed by atoms with Crippen molar-refractivity contribution in [2.24, 2.45) is 0 Å². The quantitative estimate of drug-likeness (QED) is 0.692. The van der Waals surface area contributed by atoms with E-state index in [0.717, 1.165) is 37.3 Å². The highest BCUT2D eigenvalue weighted by atomic mass is 16.5. The molecule has 26 heavy (non-hydrogen) atoms. The van der Waals surface area contributed by atoms with Crippen LogP contribution in [-0.2, 0) is 6.54 Å². The predicted octanol–water partition coefficient (Wildman–Crippen LogP) is 3.78. The van der Waals surface area contributed by atoms with Crippen LogP contribution in [0.1, 0.15) is 58.9 Å². The van der Waals surface area contributed by atoms with Gasteiger partial charge < -0.3 is 20.1 Å². The minimum absolute atomic E-state index is 0.133. The second-order valence-electron chi connectivity index (χ2n) is 8.47. The second-order valence-corrected chi connectivity index (χ2v) is 8.47. The molecule has 0 saturated carbocycles. The second kappa shape index (κ2) is 8.75. The first-order valence-corrected chi connectivity index (χ1v) is 9.44. The van der Waals surface area contributed by atoms with Crippen LogP contribution in [0.25, 0.3) is 0 Å². The third-order valence-corrected chi connectivity index (χ3v) is 4.70. The zero-order valence-electron chi connectivity index (χ0n) is 16.8. The lowest BCUT2D eigenvalue weighted by Crippen LogP contribution is -2.61. The van der Waals surface area contributed by atoms with Crippen LogP contribution >= 0.6 is 0 Å². The highest BCUT2D eigenvalue weighted by Crippen LogP contribution is 2.30. The summed E-state index contributed by atoms with van der Waals surface area (Å²) >= 11 is 0. The monoisotopic (exact) mass is 359 g/mol. The first kappa shape index (κ1) is 20.5. The molecule has 1 aromatic rings. The molecule has 2 rings (SSSR count). The van der Waals surface area contributed by atoms with E-state index in [9.17, 15) is 0 Å². The number of unbranched alkanes of at least 4 members (excludes halogenated alkanes) is 1. The van der Waals surface area contributed by atoms with Gasteiger partial charge >= 0.3 is 0 Å². The van der Waals surface area contributed by atoms with Gasteiger partial charge in [0.05, 0.1) is 19.8 Å². The number of nitriles is 1. The molecule has 1 saturated heterocycles. The number of benzene rings is 1. The maximum Gasteiger partial charge on any atom is 0.161 e. The Balaban J connectivity index is 1.97. The van der Waals surface area contributed by atoms with Crippen LogP contribution in [-0.4, -0.2) is 30.8 Å². The number of methoxy groups -OCH3 is 1. The van der Waals surface area contributed by atoms with Crippen LogP contribution in [0.2, 0.25) is 0 Å². The van der Waals surface area contributed by atoms with Crippen molar-refractivity contribution in [3.8, 4) is 17.6 Å². The Kier molecular flexibility index (Phi) is 6.91. The summed E-state index contributed by atoms with van der Waals surface area (Å²) < 4.78 is 11.2. The van der Waals surface area contributed by atoms with E-state index < -0.39 is 0 Å². The highest BCUT2D eigenvalue weighted by molar-refractivity contribution is 5.43. The van der Waals surface area contributed by atoms with Crippen molar-refractivity contribution >= 4 is 0 Å². The highest BCUT2D eigenvalue weighted by Gasteiger charge is 2.37. The fraction of sp³-hybridized carbons (Fsp3) is 0.667. The van der Waals surface area contributed by atoms with Crippen LogP contribution in [0, 0.1) is 11.3 Å². The third-order valence-electron chi connectivity index (χ3n) is 4.70. The maximum absolute atomic E-state index is 8.63. The van der Waals surface area contributed by atoms with Crippen molar-refractivity contribution in [3.05, 3.63) is 23.8 Å². The molecule has 1 aromatic carbocycles. The standard InChI is InChI=1S/C21H33N3O2/c1-20(2)13-17(14-21(3,4)24-20)23-15-16-8-9-18(25-5)19(12-16)26-11-7-6-10-22/h8-9,12,17,23-24H,6-7,11,13-15H2,1-5H3. The molecule has 2 N–H and O–H groups in total. The number of hydrogen-bond donors (Lipinski definition) is 2. The molecule has 5 nitrogen and oxygen atoms in total. The van der Waals surface area contributed by atoms with Gasteiger partial charge in [0.1, 0.15) is 0 Å². The molecule has 0 aliphatic carbocycles. The molecule has 0 spiro atoms. The van der Waals surface area contributed by atoms with E-state index in [1.807, 2.05) is 12.1 Å². The summed E-state index contributed by atoms with van der Waals surface area (Å²) in [5.41, 5.74) is 1.44. The van der Waals surface area contributed by atoms with Crippen LogP contribution in [0.4, 0.5) is 0 Å². The van der Waals surface area contributed by atoms with E-state index in [1.165, 1.54) is 5.56 Å². The lowest BCUT2D eigenvalue weighted by molar-refractivity contribution is 0.145. The van der Waals surface area contributed by atoms with Crippen LogP contribution in [0.15, 0.2) is 18.2 Å². The van der Waals surface area contributed by atoms with Gasteiger partial charge in [-0.3, -0.25) is 0 Å². The topological polar surface area (TPSA) is 66.3 Å². The summed E-state index contributed by atoms with van der Waals surface area (Å²) in [4.78, 5) is 0. The van der Waals surface area contributed by atoms with E-state index in [-0.39, 0.29) is 11.1 Å². The average Bonchev–Trinajstić information content (AvgIpc) is 2.54. The van der Waals surface area contributed by atoms with Gasteiger partial charge in [-0.2, -0.15) is 5.26 Å². The number of ether oxygens (including phenoxy) is 2. The minimum atomic E-state index is 0.133. The third kappa shape index (κ3) is 6.19. The van der Waals surface area contributed by atoms with Gasteiger partial charge in [0.2, 0.25) is 0 Å². The summed E-state index contributed by atoms with van der Waals surface area (Å²) in [6.07, 6.45) is 3.43. The minimum Gasteiger partial charge on any atom is -0.493 e. The molecule has 1 aliphatic heterocycles. The first-order valence-electron chi connectivity index (χ1n) is 9.44. The number of hydrogen-bond acceptors (Lipinski definition) is 5. The predicted molar refractivity (Wildman–Crippen MR) is 104 cm³/mol. The van der Waals surface area contributed by atoms with E-state index in [1.54, 1.807) is 7.11 Å². The molecule has 1 heterocycles. The van der Waals surface area contributed by atoms with Crippen molar-refractivity contribution in [2.75, 3.05) is 13.7 Å². The van der Waals surface area contributed by atoms with Crippen molar-refractivity contribution in [2.45, 2.75) is 77.0 Å². The average molecular weight is 360 g/mol. The molecule has 0 radical (unpaired) electrons. The number of nitrogens with one attached hydrogen (secondary N) is 2. The van der Waals surface area contributed by atoms with Crippen molar-refractivity contribution < 1.29 is 9.47 Å². The molecule has 1 fully saturated rings. The van der Waals surface area contributed by atoms with E-state index in [4.69, 9.17) is 14.7 Å². The molecule has 0 atom stereocenters. The number of nitrogens with zero attached hydrogens (tertiary/aromatic N) is 1. The Bertz CT molecular complexity index is 619. The Morgan fingerprint density at radius 2 is 1.88 bits per heavy atom. The summed E-state index contributed by atoms with van der Waals surface area (Å²) in [6.45, 7) is 10.4. The smallest absolute Gasteiger partial charge is 0.161 e. The Labute approximate surface area is 158 Å². The van der Waals surface area contributed by atoms with E-state index >= 15 is 0 Å². The molecular formula is C21H33N3O2. The molecule has 0 unspecified atom stereocenters. The fourth-order valence-corrected chi connectivity index (χ4v) is 4.01. The summed E-state index contributed by atoms with van der Waals surface area (Å²) in [5.74, 6) is 1.48. The van der Waals surface area contributed by atoms with Crippen molar-refractivity contribution in [1.29, 1.82) is 5.26 Å². The maximum atomic E-state index is 8.63. The van der Waals surface area contributed by atoms with Gasteiger partial charge in [-0.1, -0.05) is 6.07 Å². The van der Waals surface area contributed by atoms with Crippen LogP contribution < -0.4 is 20.1 Å². The lowest BCUT2D eigenvalue weighted by atomic mass is 9.79. The molecule has 144 valence electrons. The summed E-state index contributed by atoms with van der Waals surface area (Å²) in [5, 5.41) is 16.1. The Morgan fingerprint density at radius 3 is 2.50 bits per heavy atom. The van der Waals surface area contributed by atoms with Gasteiger partial charge in [-0.05, 0) is 64.7 Å². The normalized spacial score (nSPS) is 18.9. The molecule has 1 aliphatic rings. The van der Waals surface area contributed by atoms with Crippen molar-refractivity contribution in [3.63, 3.8) is 0 Å². The largest absolute Gasteiger partial charge is 0.493 e. The van der Waals surface area contributed by atoms with Crippen molar-refractivity contribution in [1.82, 2.24) is 10.6 Å². The zero-order chi connectivity index (χ0) is 19.2. The van der Waals surface area contributed by atoms with Crippen LogP contribution in [0.5, 0.6) is 11.5 Å². The number of piperidine rings is 1. The summed E-state index contributed by atoms with van der Waals surface area (Å²) in [7, 11) is 1.65. The molecule has 5 heteroatoms. The molecule has 0 aromatic heterocycles. The Morgan fingerprint density at radius 1 is 1.19 bits per heavy atom. The molecule has 0 amide bonds. The zero-order valence-corrected chi connectivity index (χ0v) is 16.8. The van der Waals surface area contributed by atoms with Gasteiger partial charge in [-0.15, -0.1) is 0 Å². The fourth-order valence-electron chi connectivity index (χ4n) is 4.01. The van der Waals surface area contributed by atoms with Gasteiger partial charge in [0.15, 0.2) is 11.5 Å². The SMILES string of the molecule is COc1ccc(CNC2CC(C)(C)NC(C)(C)C2)cc1OCCCC#N. The lowest BCUT2D eigenvalue weighted by Gasteiger charge is -2.46. The first-order chi connectivity index (χ1) is 12.2. The van der Waals surface area contributed by atoms with Gasteiger partial charge in [-0.25, -0.2) is 0 Å². The van der Waals surface area contributed by atoms with Gasteiger partial charge in [0, 0.05) is 30.1 Å². The molecular weight excluding hydrogens is 326 g/mol. The summed E-state index contributed by atoms with van der Waals surface area (Å²) in [6, 6.07) is 8.68. The van der Waals surface area contributed by atoms with E-state index in [2.05, 4.69) is 50.5 Å². The number of rotatable bonds is 8. The molecule has 0 bridgehead atoms. The van der Waals surface area contributed by atoms with E-state index in [0.29, 0.717) is 19.1 Å². The van der Waals surface area contributed by atoms with Gasteiger partial charge in [0.25, 0.3) is 0 Å².